The van der Waals surface area contributed by atoms with E-state index >= 15 is 0 Å². The van der Waals surface area contributed by atoms with Crippen LogP contribution < -0.4 is 0 Å². The molecule has 3 heteroatoms. The zero-order valence-corrected chi connectivity index (χ0v) is 24.6. The molecule has 0 saturated carbocycles. The fraction of sp³-hybridized carbons (Fsp3) is 0.0750. The first-order valence-corrected chi connectivity index (χ1v) is 14.1. The van der Waals surface area contributed by atoms with Crippen LogP contribution in [0.3, 0.4) is 0 Å². The van der Waals surface area contributed by atoms with Crippen molar-refractivity contribution in [2.45, 2.75) is 19.4 Å². The summed E-state index contributed by atoms with van der Waals surface area (Å²) in [5, 5.41) is 9.16. The summed E-state index contributed by atoms with van der Waals surface area (Å²) < 4.78 is 6.12. The van der Waals surface area contributed by atoms with E-state index in [0.29, 0.717) is 11.3 Å². The molecule has 5 aromatic rings. The molecule has 5 rings (SSSR count). The first kappa shape index (κ1) is 30.5. The fourth-order valence-electron chi connectivity index (χ4n) is 4.52. The first-order chi connectivity index (χ1) is 20.9. The van der Waals surface area contributed by atoms with Gasteiger partial charge < -0.3 is 9.84 Å². The van der Waals surface area contributed by atoms with E-state index in [-0.39, 0.29) is 0 Å². The summed E-state index contributed by atoms with van der Waals surface area (Å²) in [6.07, 6.45) is 8.07. The third-order valence-electron chi connectivity index (χ3n) is 6.79. The molecule has 0 atom stereocenters. The van der Waals surface area contributed by atoms with Gasteiger partial charge in [-0.3, -0.25) is 0 Å². The number of hydrogen-bond acceptors (Lipinski definition) is 3. The van der Waals surface area contributed by atoms with Crippen LogP contribution in [0.15, 0.2) is 164 Å². The largest absolute Gasteiger partial charge is 0.508 e. The summed E-state index contributed by atoms with van der Waals surface area (Å²) >= 11 is 0. The Morgan fingerprint density at radius 1 is 0.628 bits per heavy atom. The standard InChI is InChI=1S/C23H20O2.C17H16O/c1-18(2)22(24)25-23(19-12-6-3-7-13-19,20-14-8-4-9-15-20)21-16-10-5-11-17-21;1-14-6-8-15(9-7-14)4-2-3-5-16-10-12-17(18)13-11-16/h3-17H,1H2,2H3;2-13,18H,1H3. The van der Waals surface area contributed by atoms with Gasteiger partial charge >= 0.3 is 5.97 Å². The number of phenolic OH excluding ortho intramolecular Hbond substituents is 1. The molecule has 0 radical (unpaired) electrons. The van der Waals surface area contributed by atoms with Crippen molar-refractivity contribution in [3.05, 3.63) is 197 Å². The summed E-state index contributed by atoms with van der Waals surface area (Å²) in [5.41, 5.74) is 5.54. The number of rotatable bonds is 8. The molecule has 214 valence electrons. The molecular weight excluding hydrogens is 528 g/mol. The van der Waals surface area contributed by atoms with Crippen LogP contribution in [0.4, 0.5) is 0 Å². The van der Waals surface area contributed by atoms with Gasteiger partial charge in [-0.2, -0.15) is 0 Å². The first-order valence-electron chi connectivity index (χ1n) is 14.1. The van der Waals surface area contributed by atoms with Gasteiger partial charge in [-0.25, -0.2) is 4.79 Å². The van der Waals surface area contributed by atoms with Gasteiger partial charge in [0.15, 0.2) is 5.60 Å². The predicted octanol–water partition coefficient (Wildman–Crippen LogP) is 9.53. The van der Waals surface area contributed by atoms with Crippen LogP contribution in [0, 0.1) is 6.92 Å². The Bertz CT molecular complexity index is 1500. The summed E-state index contributed by atoms with van der Waals surface area (Å²) in [6.45, 7) is 7.49. The van der Waals surface area contributed by atoms with E-state index in [1.54, 1.807) is 19.1 Å². The maximum absolute atomic E-state index is 12.6. The highest BCUT2D eigenvalue weighted by atomic mass is 16.6. The van der Waals surface area contributed by atoms with Gasteiger partial charge in [-0.05, 0) is 37.1 Å². The molecule has 0 aromatic heterocycles. The number of phenols is 1. The van der Waals surface area contributed by atoms with Crippen molar-refractivity contribution < 1.29 is 14.6 Å². The van der Waals surface area contributed by atoms with Crippen molar-refractivity contribution in [2.24, 2.45) is 0 Å². The minimum absolute atomic E-state index is 0.294. The number of hydrogen-bond donors (Lipinski definition) is 1. The molecule has 0 bridgehead atoms. The molecular formula is C40H36O3. The Morgan fingerprint density at radius 3 is 1.37 bits per heavy atom. The van der Waals surface area contributed by atoms with Crippen LogP contribution in [0.2, 0.25) is 0 Å². The van der Waals surface area contributed by atoms with Crippen molar-refractivity contribution in [1.29, 1.82) is 0 Å². The van der Waals surface area contributed by atoms with E-state index in [2.05, 4.69) is 43.8 Å². The lowest BCUT2D eigenvalue weighted by Crippen LogP contribution is -2.35. The SMILES string of the molecule is C=C(C)C(=O)OC(c1ccccc1)(c1ccccc1)c1ccccc1.Cc1ccc(C=CC=Cc2ccc(O)cc2)cc1. The Kier molecular flexibility index (Phi) is 10.7. The highest BCUT2D eigenvalue weighted by molar-refractivity contribution is 5.88. The van der Waals surface area contributed by atoms with Gasteiger partial charge in [0.1, 0.15) is 5.75 Å². The Hall–Kier alpha value is -5.41. The quantitative estimate of drug-likeness (QED) is 0.0883. The van der Waals surface area contributed by atoms with E-state index in [9.17, 15) is 4.79 Å². The predicted molar refractivity (Wildman–Crippen MR) is 177 cm³/mol. The lowest BCUT2D eigenvalue weighted by atomic mass is 9.80. The smallest absolute Gasteiger partial charge is 0.334 e. The molecule has 0 aliphatic carbocycles. The van der Waals surface area contributed by atoms with E-state index in [0.717, 1.165) is 22.3 Å². The third kappa shape index (κ3) is 8.31. The topological polar surface area (TPSA) is 46.5 Å². The minimum Gasteiger partial charge on any atom is -0.508 e. The molecule has 3 nitrogen and oxygen atoms in total. The average Bonchev–Trinajstić information content (AvgIpc) is 3.05. The van der Waals surface area contributed by atoms with Gasteiger partial charge in [-0.1, -0.05) is 164 Å². The van der Waals surface area contributed by atoms with Crippen LogP contribution in [-0.2, 0) is 15.1 Å². The molecule has 0 saturated heterocycles. The van der Waals surface area contributed by atoms with Crippen molar-refractivity contribution >= 4 is 18.1 Å². The fourth-order valence-corrected chi connectivity index (χ4v) is 4.52. The van der Waals surface area contributed by atoms with Crippen molar-refractivity contribution in [1.82, 2.24) is 0 Å². The number of aromatic hydroxyl groups is 1. The van der Waals surface area contributed by atoms with E-state index in [1.807, 2.05) is 121 Å². The average molecular weight is 565 g/mol. The zero-order valence-electron chi connectivity index (χ0n) is 24.6. The molecule has 0 unspecified atom stereocenters. The number of carbonyl (C=O) groups is 1. The highest BCUT2D eigenvalue weighted by Crippen LogP contribution is 2.40. The van der Waals surface area contributed by atoms with Crippen LogP contribution in [0.5, 0.6) is 5.75 Å². The lowest BCUT2D eigenvalue weighted by Gasteiger charge is -2.35. The lowest BCUT2D eigenvalue weighted by molar-refractivity contribution is -0.148. The summed E-state index contributed by atoms with van der Waals surface area (Å²) in [7, 11) is 0. The number of carbonyl (C=O) groups excluding carboxylic acids is 1. The second kappa shape index (κ2) is 15.0. The Labute approximate surface area is 254 Å². The van der Waals surface area contributed by atoms with Crippen LogP contribution in [0.25, 0.3) is 12.2 Å². The normalized spacial score (nSPS) is 11.1. The van der Waals surface area contributed by atoms with Crippen molar-refractivity contribution in [3.8, 4) is 5.75 Å². The van der Waals surface area contributed by atoms with Gasteiger partial charge in [0.05, 0.1) is 0 Å². The molecule has 0 fully saturated rings. The molecule has 5 aromatic carbocycles. The third-order valence-corrected chi connectivity index (χ3v) is 6.79. The van der Waals surface area contributed by atoms with Crippen LogP contribution in [0.1, 0.15) is 40.3 Å². The van der Waals surface area contributed by atoms with E-state index in [4.69, 9.17) is 9.84 Å². The van der Waals surface area contributed by atoms with E-state index < -0.39 is 11.6 Å². The maximum atomic E-state index is 12.6. The molecule has 0 aliphatic rings. The number of aryl methyl sites for hydroxylation is 1. The molecule has 0 aliphatic heterocycles. The number of allylic oxidation sites excluding steroid dienone is 2. The van der Waals surface area contributed by atoms with E-state index in [1.165, 1.54) is 11.1 Å². The molecule has 0 spiro atoms. The van der Waals surface area contributed by atoms with Crippen LogP contribution in [-0.4, -0.2) is 11.1 Å². The second-order valence-electron chi connectivity index (χ2n) is 10.2. The number of ether oxygens (including phenoxy) is 1. The van der Waals surface area contributed by atoms with Gasteiger partial charge in [0, 0.05) is 22.3 Å². The Morgan fingerprint density at radius 2 is 1.00 bits per heavy atom. The summed E-state index contributed by atoms with van der Waals surface area (Å²) in [6, 6.07) is 44.9. The number of esters is 1. The van der Waals surface area contributed by atoms with Gasteiger partial charge in [-0.15, -0.1) is 0 Å². The maximum Gasteiger partial charge on any atom is 0.334 e. The number of benzene rings is 5. The highest BCUT2D eigenvalue weighted by Gasteiger charge is 2.40. The van der Waals surface area contributed by atoms with Crippen LogP contribution >= 0.6 is 0 Å². The molecule has 0 amide bonds. The second-order valence-corrected chi connectivity index (χ2v) is 10.2. The summed E-state index contributed by atoms with van der Waals surface area (Å²) in [4.78, 5) is 12.6. The van der Waals surface area contributed by atoms with Gasteiger partial charge in [0.25, 0.3) is 0 Å². The van der Waals surface area contributed by atoms with Gasteiger partial charge in [0.2, 0.25) is 0 Å². The monoisotopic (exact) mass is 564 g/mol. The van der Waals surface area contributed by atoms with Crippen molar-refractivity contribution in [3.63, 3.8) is 0 Å². The summed E-state index contributed by atoms with van der Waals surface area (Å²) in [5.74, 6) is -0.126. The molecule has 43 heavy (non-hydrogen) atoms. The Balaban J connectivity index is 0.000000208. The van der Waals surface area contributed by atoms with Crippen molar-refractivity contribution in [2.75, 3.05) is 0 Å². The minimum atomic E-state index is -1.03. The molecule has 0 heterocycles. The zero-order chi connectivity index (χ0) is 30.5. The molecule has 1 N–H and O–H groups in total.